The lowest BCUT2D eigenvalue weighted by Crippen LogP contribution is -3.06. The number of quaternary nitrogens is 1. The number of thiocarbonyl (C=S) groups is 1. The van der Waals surface area contributed by atoms with Gasteiger partial charge in [0.1, 0.15) is 5.69 Å². The SMILES string of the molecule is C[NH+](C)CCNC(=S)NNC(=O)c1ccc[nH]1. The number of carbonyl (C=O) groups excluding carboxylic acids is 1. The van der Waals surface area contributed by atoms with Gasteiger partial charge in [-0.05, 0) is 24.4 Å². The van der Waals surface area contributed by atoms with Gasteiger partial charge >= 0.3 is 0 Å². The highest BCUT2D eigenvalue weighted by Gasteiger charge is 2.05. The number of aromatic nitrogens is 1. The fourth-order valence-electron chi connectivity index (χ4n) is 1.12. The van der Waals surface area contributed by atoms with E-state index in [1.807, 2.05) is 0 Å². The van der Waals surface area contributed by atoms with Crippen LogP contribution in [-0.2, 0) is 0 Å². The molecule has 1 aromatic heterocycles. The summed E-state index contributed by atoms with van der Waals surface area (Å²) >= 11 is 5.00. The molecule has 0 unspecified atom stereocenters. The maximum Gasteiger partial charge on any atom is 0.286 e. The van der Waals surface area contributed by atoms with Gasteiger partial charge in [0, 0.05) is 6.20 Å². The lowest BCUT2D eigenvalue weighted by atomic mass is 10.4. The first-order valence-electron chi connectivity index (χ1n) is 5.36. The van der Waals surface area contributed by atoms with Crippen LogP contribution in [0.4, 0.5) is 0 Å². The van der Waals surface area contributed by atoms with Crippen molar-refractivity contribution in [2.75, 3.05) is 27.2 Å². The molecule has 0 fully saturated rings. The molecule has 0 aromatic carbocycles. The molecule has 0 radical (unpaired) electrons. The summed E-state index contributed by atoms with van der Waals surface area (Å²) in [5.74, 6) is -0.252. The highest BCUT2D eigenvalue weighted by molar-refractivity contribution is 7.80. The standard InChI is InChI=1S/C10H17N5OS/c1-15(2)7-6-12-10(17)14-13-9(16)8-4-3-5-11-8/h3-5,11H,6-7H2,1-2H3,(H,13,16)(H2,12,14,17)/p+1. The zero-order valence-electron chi connectivity index (χ0n) is 9.96. The molecule has 1 heterocycles. The van der Waals surface area contributed by atoms with E-state index in [0.29, 0.717) is 10.8 Å². The molecule has 0 atom stereocenters. The maximum atomic E-state index is 11.5. The minimum absolute atomic E-state index is 0.252. The number of hydrogen-bond donors (Lipinski definition) is 5. The number of aromatic amines is 1. The van der Waals surface area contributed by atoms with E-state index in [-0.39, 0.29) is 5.91 Å². The number of amides is 1. The van der Waals surface area contributed by atoms with E-state index in [2.05, 4.69) is 35.2 Å². The van der Waals surface area contributed by atoms with Crippen LogP contribution in [0.25, 0.3) is 0 Å². The average Bonchev–Trinajstić information content (AvgIpc) is 2.78. The van der Waals surface area contributed by atoms with Gasteiger partial charge in [-0.1, -0.05) is 0 Å². The summed E-state index contributed by atoms with van der Waals surface area (Å²) in [7, 11) is 4.12. The summed E-state index contributed by atoms with van der Waals surface area (Å²) in [6.45, 7) is 1.71. The number of nitrogens with one attached hydrogen (secondary N) is 5. The normalized spacial score (nSPS) is 10.1. The second-order valence-corrected chi connectivity index (χ2v) is 4.28. The monoisotopic (exact) mass is 256 g/mol. The molecule has 94 valence electrons. The second kappa shape index (κ2) is 6.87. The fourth-order valence-corrected chi connectivity index (χ4v) is 1.28. The smallest absolute Gasteiger partial charge is 0.286 e. The van der Waals surface area contributed by atoms with Gasteiger partial charge < -0.3 is 15.2 Å². The summed E-state index contributed by atoms with van der Waals surface area (Å²) in [5, 5.41) is 3.40. The first-order valence-corrected chi connectivity index (χ1v) is 5.77. The Morgan fingerprint density at radius 2 is 2.24 bits per heavy atom. The predicted molar refractivity (Wildman–Crippen MR) is 69.7 cm³/mol. The van der Waals surface area contributed by atoms with Gasteiger partial charge in [-0.15, -0.1) is 0 Å². The Labute approximate surface area is 106 Å². The molecule has 0 bridgehead atoms. The number of carbonyl (C=O) groups is 1. The van der Waals surface area contributed by atoms with Gasteiger partial charge in [-0.2, -0.15) is 0 Å². The number of likely N-dealkylation sites (N-methyl/N-ethyl adjacent to an activating group) is 1. The molecule has 1 aromatic rings. The topological polar surface area (TPSA) is 73.4 Å². The van der Waals surface area contributed by atoms with Gasteiger partial charge in [0.2, 0.25) is 0 Å². The molecule has 17 heavy (non-hydrogen) atoms. The minimum Gasteiger partial charge on any atom is -0.357 e. The van der Waals surface area contributed by atoms with Crippen molar-refractivity contribution in [3.05, 3.63) is 24.0 Å². The minimum atomic E-state index is -0.252. The first kappa shape index (κ1) is 13.5. The average molecular weight is 256 g/mol. The van der Waals surface area contributed by atoms with Crippen LogP contribution < -0.4 is 21.1 Å². The molecule has 0 aliphatic rings. The van der Waals surface area contributed by atoms with Crippen molar-refractivity contribution >= 4 is 23.2 Å². The van der Waals surface area contributed by atoms with Gasteiger partial charge in [-0.25, -0.2) is 0 Å². The van der Waals surface area contributed by atoms with Gasteiger partial charge in [0.25, 0.3) is 5.91 Å². The van der Waals surface area contributed by atoms with Crippen LogP contribution in [0, 0.1) is 0 Å². The summed E-state index contributed by atoms with van der Waals surface area (Å²) in [4.78, 5) is 15.6. The Morgan fingerprint density at radius 1 is 1.47 bits per heavy atom. The zero-order chi connectivity index (χ0) is 12.7. The quantitative estimate of drug-likeness (QED) is 0.328. The van der Waals surface area contributed by atoms with Gasteiger partial charge in [0.05, 0.1) is 27.2 Å². The summed E-state index contributed by atoms with van der Waals surface area (Å²) in [5.41, 5.74) is 5.61. The van der Waals surface area contributed by atoms with Crippen LogP contribution >= 0.6 is 12.2 Å². The predicted octanol–water partition coefficient (Wildman–Crippen LogP) is -1.73. The van der Waals surface area contributed by atoms with E-state index in [4.69, 9.17) is 12.2 Å². The van der Waals surface area contributed by atoms with Crippen LogP contribution in [-0.4, -0.2) is 43.2 Å². The number of H-pyrrole nitrogens is 1. The third-order valence-electron chi connectivity index (χ3n) is 2.04. The second-order valence-electron chi connectivity index (χ2n) is 3.88. The number of rotatable bonds is 4. The van der Waals surface area contributed by atoms with E-state index < -0.39 is 0 Å². The Morgan fingerprint density at radius 3 is 2.82 bits per heavy atom. The van der Waals surface area contributed by atoms with E-state index >= 15 is 0 Å². The summed E-state index contributed by atoms with van der Waals surface area (Å²) < 4.78 is 0. The van der Waals surface area contributed by atoms with Crippen molar-refractivity contribution in [2.45, 2.75) is 0 Å². The molecular formula is C10H18N5OS+. The van der Waals surface area contributed by atoms with Crippen LogP contribution in [0.2, 0.25) is 0 Å². The largest absolute Gasteiger partial charge is 0.357 e. The number of hydrogen-bond acceptors (Lipinski definition) is 2. The molecule has 5 N–H and O–H groups in total. The first-order chi connectivity index (χ1) is 8.09. The molecule has 0 spiro atoms. The molecule has 6 nitrogen and oxygen atoms in total. The lowest BCUT2D eigenvalue weighted by Gasteiger charge is -2.12. The van der Waals surface area contributed by atoms with E-state index in [9.17, 15) is 4.79 Å². The Hall–Kier alpha value is -1.60. The summed E-state index contributed by atoms with van der Waals surface area (Å²) in [6, 6.07) is 3.44. The molecular weight excluding hydrogens is 238 g/mol. The Kier molecular flexibility index (Phi) is 5.44. The molecule has 0 aliphatic heterocycles. The molecule has 0 aliphatic carbocycles. The molecule has 0 saturated heterocycles. The molecule has 1 rings (SSSR count). The van der Waals surface area contributed by atoms with Gasteiger partial charge in [-0.3, -0.25) is 15.6 Å². The van der Waals surface area contributed by atoms with E-state index in [1.165, 1.54) is 4.90 Å². The number of hydrazine groups is 1. The molecule has 7 heteroatoms. The maximum absolute atomic E-state index is 11.5. The third kappa shape index (κ3) is 5.32. The van der Waals surface area contributed by atoms with Crippen LogP contribution in [0.1, 0.15) is 10.5 Å². The van der Waals surface area contributed by atoms with E-state index in [1.54, 1.807) is 18.3 Å². The van der Waals surface area contributed by atoms with Crippen LogP contribution in [0.3, 0.4) is 0 Å². The molecule has 1 amide bonds. The highest BCUT2D eigenvalue weighted by Crippen LogP contribution is 1.91. The highest BCUT2D eigenvalue weighted by atomic mass is 32.1. The van der Waals surface area contributed by atoms with E-state index in [0.717, 1.165) is 13.1 Å². The van der Waals surface area contributed by atoms with Gasteiger partial charge in [0.15, 0.2) is 5.11 Å². The summed E-state index contributed by atoms with van der Waals surface area (Å²) in [6.07, 6.45) is 1.69. The molecule has 0 saturated carbocycles. The van der Waals surface area contributed by atoms with Crippen molar-refractivity contribution in [1.29, 1.82) is 0 Å². The van der Waals surface area contributed by atoms with Crippen molar-refractivity contribution in [3.63, 3.8) is 0 Å². The fraction of sp³-hybridized carbons (Fsp3) is 0.400. The zero-order valence-corrected chi connectivity index (χ0v) is 10.8. The third-order valence-corrected chi connectivity index (χ3v) is 2.29. The van der Waals surface area contributed by atoms with Crippen molar-refractivity contribution in [1.82, 2.24) is 21.2 Å². The van der Waals surface area contributed by atoms with Crippen molar-refractivity contribution in [2.24, 2.45) is 0 Å². The Bertz CT molecular complexity index is 363. The van der Waals surface area contributed by atoms with Crippen LogP contribution in [0.15, 0.2) is 18.3 Å². The van der Waals surface area contributed by atoms with Crippen molar-refractivity contribution in [3.8, 4) is 0 Å². The van der Waals surface area contributed by atoms with Crippen LogP contribution in [0.5, 0.6) is 0 Å². The van der Waals surface area contributed by atoms with Crippen molar-refractivity contribution < 1.29 is 9.69 Å². The lowest BCUT2D eigenvalue weighted by molar-refractivity contribution is -0.856. The Balaban J connectivity index is 2.18.